The highest BCUT2D eigenvalue weighted by molar-refractivity contribution is 7.86. The fourth-order valence-electron chi connectivity index (χ4n) is 2.54. The summed E-state index contributed by atoms with van der Waals surface area (Å²) < 4.78 is 29.5. The molecule has 0 spiro atoms. The first-order valence-electron chi connectivity index (χ1n) is 6.87. The van der Waals surface area contributed by atoms with Gasteiger partial charge in [-0.05, 0) is 37.3 Å². The molecule has 1 aliphatic carbocycles. The smallest absolute Gasteiger partial charge is 0.266 e. The number of rotatable bonds is 4. The Bertz CT molecular complexity index is 511. The van der Waals surface area contributed by atoms with E-state index in [2.05, 4.69) is 6.92 Å². The fourth-order valence-corrected chi connectivity index (χ4v) is 3.59. The van der Waals surface area contributed by atoms with E-state index in [0.29, 0.717) is 6.61 Å². The van der Waals surface area contributed by atoms with Gasteiger partial charge in [0, 0.05) is 0 Å². The van der Waals surface area contributed by atoms with Gasteiger partial charge < -0.3 is 0 Å². The molecule has 2 rings (SSSR count). The SMILES string of the molecule is Cc1ccc(S(=O)(=O)OCC2(C)CCCCC2)cc1. The van der Waals surface area contributed by atoms with Crippen molar-refractivity contribution in [3.05, 3.63) is 29.8 Å². The van der Waals surface area contributed by atoms with Gasteiger partial charge >= 0.3 is 0 Å². The van der Waals surface area contributed by atoms with Gasteiger partial charge in [-0.3, -0.25) is 4.18 Å². The third-order valence-corrected chi connectivity index (χ3v) is 5.21. The highest BCUT2D eigenvalue weighted by atomic mass is 32.2. The van der Waals surface area contributed by atoms with Gasteiger partial charge in [-0.2, -0.15) is 8.42 Å². The minimum Gasteiger partial charge on any atom is -0.266 e. The highest BCUT2D eigenvalue weighted by Gasteiger charge is 2.29. The molecule has 1 saturated carbocycles. The minimum absolute atomic E-state index is 0.00994. The van der Waals surface area contributed by atoms with Crippen molar-refractivity contribution in [1.82, 2.24) is 0 Å². The van der Waals surface area contributed by atoms with Crippen LogP contribution in [-0.4, -0.2) is 15.0 Å². The molecule has 0 saturated heterocycles. The van der Waals surface area contributed by atoms with Gasteiger partial charge in [0.1, 0.15) is 0 Å². The van der Waals surface area contributed by atoms with Crippen LogP contribution in [0.4, 0.5) is 0 Å². The zero-order valence-corrected chi connectivity index (χ0v) is 12.5. The van der Waals surface area contributed by atoms with E-state index in [-0.39, 0.29) is 10.3 Å². The average molecular weight is 282 g/mol. The third kappa shape index (κ3) is 3.80. The Hall–Kier alpha value is -0.870. The number of hydrogen-bond acceptors (Lipinski definition) is 3. The molecule has 1 fully saturated rings. The van der Waals surface area contributed by atoms with Crippen molar-refractivity contribution >= 4 is 10.1 Å². The van der Waals surface area contributed by atoms with Crippen LogP contribution in [0, 0.1) is 12.3 Å². The van der Waals surface area contributed by atoms with Crippen molar-refractivity contribution < 1.29 is 12.6 Å². The van der Waals surface area contributed by atoms with Crippen molar-refractivity contribution in [3.63, 3.8) is 0 Å². The Morgan fingerprint density at radius 1 is 1.11 bits per heavy atom. The van der Waals surface area contributed by atoms with Crippen LogP contribution in [0.2, 0.25) is 0 Å². The lowest BCUT2D eigenvalue weighted by molar-refractivity contribution is 0.120. The lowest BCUT2D eigenvalue weighted by atomic mass is 9.76. The maximum atomic E-state index is 12.1. The van der Waals surface area contributed by atoms with Crippen LogP contribution in [0.3, 0.4) is 0 Å². The largest absolute Gasteiger partial charge is 0.296 e. The Balaban J connectivity index is 2.03. The molecular formula is C15H22O3S. The highest BCUT2D eigenvalue weighted by Crippen LogP contribution is 2.36. The summed E-state index contributed by atoms with van der Waals surface area (Å²) in [6.07, 6.45) is 5.70. The molecule has 0 unspecified atom stereocenters. The molecule has 0 bridgehead atoms. The van der Waals surface area contributed by atoms with Crippen LogP contribution in [-0.2, 0) is 14.3 Å². The van der Waals surface area contributed by atoms with Crippen LogP contribution in [0.1, 0.15) is 44.6 Å². The molecule has 1 aliphatic rings. The summed E-state index contributed by atoms with van der Waals surface area (Å²) in [6, 6.07) is 6.79. The third-order valence-electron chi connectivity index (χ3n) is 3.93. The van der Waals surface area contributed by atoms with E-state index >= 15 is 0 Å². The molecule has 4 heteroatoms. The molecule has 3 nitrogen and oxygen atoms in total. The molecule has 0 heterocycles. The van der Waals surface area contributed by atoms with Crippen molar-refractivity contribution in [2.45, 2.75) is 50.8 Å². The zero-order chi connectivity index (χ0) is 13.9. The van der Waals surface area contributed by atoms with Gasteiger partial charge in [0.05, 0.1) is 11.5 Å². The molecule has 0 aliphatic heterocycles. The molecule has 0 aromatic heterocycles. The van der Waals surface area contributed by atoms with Crippen LogP contribution >= 0.6 is 0 Å². The van der Waals surface area contributed by atoms with Crippen molar-refractivity contribution in [2.24, 2.45) is 5.41 Å². The standard InChI is InChI=1S/C15H22O3S/c1-13-6-8-14(9-7-13)19(16,17)18-12-15(2)10-4-3-5-11-15/h6-9H,3-5,10-12H2,1-2H3. The summed E-state index contributed by atoms with van der Waals surface area (Å²) in [5.41, 5.74) is 1.05. The van der Waals surface area contributed by atoms with Gasteiger partial charge in [0.15, 0.2) is 0 Å². The van der Waals surface area contributed by atoms with E-state index in [1.807, 2.05) is 6.92 Å². The lowest BCUT2D eigenvalue weighted by Crippen LogP contribution is -2.27. The van der Waals surface area contributed by atoms with Gasteiger partial charge in [-0.25, -0.2) is 0 Å². The molecule has 106 valence electrons. The molecule has 1 aromatic rings. The zero-order valence-electron chi connectivity index (χ0n) is 11.7. The molecule has 0 amide bonds. The molecular weight excluding hydrogens is 260 g/mol. The Morgan fingerprint density at radius 2 is 1.68 bits per heavy atom. The number of aryl methyl sites for hydroxylation is 1. The van der Waals surface area contributed by atoms with E-state index in [0.717, 1.165) is 18.4 Å². The number of benzene rings is 1. The van der Waals surface area contributed by atoms with Crippen molar-refractivity contribution in [1.29, 1.82) is 0 Å². The van der Waals surface area contributed by atoms with Crippen LogP contribution in [0.25, 0.3) is 0 Å². The van der Waals surface area contributed by atoms with Gasteiger partial charge in [-0.15, -0.1) is 0 Å². The second-order valence-corrected chi connectivity index (χ2v) is 7.52. The van der Waals surface area contributed by atoms with E-state index in [1.165, 1.54) is 19.3 Å². The van der Waals surface area contributed by atoms with Crippen LogP contribution < -0.4 is 0 Å². The summed E-state index contributed by atoms with van der Waals surface area (Å²) in [5, 5.41) is 0. The minimum atomic E-state index is -3.61. The summed E-state index contributed by atoms with van der Waals surface area (Å²) in [5.74, 6) is 0. The van der Waals surface area contributed by atoms with E-state index in [9.17, 15) is 8.42 Å². The summed E-state index contributed by atoms with van der Waals surface area (Å²) in [7, 11) is -3.61. The Morgan fingerprint density at radius 3 is 2.26 bits per heavy atom. The number of hydrogen-bond donors (Lipinski definition) is 0. The Kier molecular flexibility index (Phi) is 4.31. The van der Waals surface area contributed by atoms with Crippen molar-refractivity contribution in [3.8, 4) is 0 Å². The maximum Gasteiger partial charge on any atom is 0.296 e. The van der Waals surface area contributed by atoms with Gasteiger partial charge in [0.2, 0.25) is 0 Å². The first-order chi connectivity index (χ1) is 8.91. The summed E-state index contributed by atoms with van der Waals surface area (Å²) in [6.45, 7) is 4.35. The predicted molar refractivity (Wildman–Crippen MR) is 75.5 cm³/mol. The first-order valence-corrected chi connectivity index (χ1v) is 8.28. The second kappa shape index (κ2) is 5.63. The van der Waals surface area contributed by atoms with E-state index in [1.54, 1.807) is 24.3 Å². The summed E-state index contributed by atoms with van der Waals surface area (Å²) in [4.78, 5) is 0.248. The summed E-state index contributed by atoms with van der Waals surface area (Å²) >= 11 is 0. The molecule has 0 radical (unpaired) electrons. The van der Waals surface area contributed by atoms with Crippen molar-refractivity contribution in [2.75, 3.05) is 6.61 Å². The molecule has 1 aromatic carbocycles. The van der Waals surface area contributed by atoms with Crippen LogP contribution in [0.5, 0.6) is 0 Å². The van der Waals surface area contributed by atoms with Gasteiger partial charge in [0.25, 0.3) is 10.1 Å². The average Bonchev–Trinajstić information content (AvgIpc) is 2.38. The fraction of sp³-hybridized carbons (Fsp3) is 0.600. The van der Waals surface area contributed by atoms with Gasteiger partial charge in [-0.1, -0.05) is 43.9 Å². The quantitative estimate of drug-likeness (QED) is 0.791. The van der Waals surface area contributed by atoms with E-state index in [4.69, 9.17) is 4.18 Å². The Labute approximate surface area is 116 Å². The monoisotopic (exact) mass is 282 g/mol. The molecule has 0 N–H and O–H groups in total. The van der Waals surface area contributed by atoms with E-state index < -0.39 is 10.1 Å². The second-order valence-electron chi connectivity index (χ2n) is 5.90. The maximum absolute atomic E-state index is 12.1. The first kappa shape index (κ1) is 14.5. The molecule has 19 heavy (non-hydrogen) atoms. The van der Waals surface area contributed by atoms with Crippen LogP contribution in [0.15, 0.2) is 29.2 Å². The topological polar surface area (TPSA) is 43.4 Å². The predicted octanol–water partition coefficient (Wildman–Crippen LogP) is 3.67. The lowest BCUT2D eigenvalue weighted by Gasteiger charge is -2.32. The normalized spacial score (nSPS) is 19.3. The molecule has 0 atom stereocenters.